The highest BCUT2D eigenvalue weighted by Gasteiger charge is 2.26. The average molecular weight is 330 g/mol. The fourth-order valence-corrected chi connectivity index (χ4v) is 3.33. The first-order valence-electron chi connectivity index (χ1n) is 8.76. The number of urea groups is 1. The summed E-state index contributed by atoms with van der Waals surface area (Å²) >= 11 is 0. The van der Waals surface area contributed by atoms with Gasteiger partial charge in [-0.15, -0.1) is 0 Å². The number of piperidine rings is 1. The summed E-state index contributed by atoms with van der Waals surface area (Å²) in [7, 11) is 0. The molecule has 1 aliphatic rings. The van der Waals surface area contributed by atoms with E-state index in [4.69, 9.17) is 0 Å². The maximum Gasteiger partial charge on any atom is 0.317 e. The molecule has 1 fully saturated rings. The minimum Gasteiger partial charge on any atom is -0.393 e. The summed E-state index contributed by atoms with van der Waals surface area (Å²) in [6.45, 7) is 4.71. The molecule has 3 rings (SSSR count). The molecule has 1 saturated heterocycles. The van der Waals surface area contributed by atoms with Gasteiger partial charge in [0.05, 0.1) is 23.5 Å². The molecule has 2 aromatic rings. The Balaban J connectivity index is 1.44. The highest BCUT2D eigenvalue weighted by molar-refractivity contribution is 5.75. The molecule has 0 radical (unpaired) electrons. The molecule has 0 spiro atoms. The molecule has 2 heterocycles. The van der Waals surface area contributed by atoms with E-state index in [0.717, 1.165) is 43.4 Å². The molecule has 2 amide bonds. The number of likely N-dealkylation sites (tertiary alicyclic amines) is 1. The number of imidazole rings is 1. The van der Waals surface area contributed by atoms with Gasteiger partial charge in [-0.25, -0.2) is 9.78 Å². The number of aliphatic hydroxyl groups excluding tert-OH is 1. The van der Waals surface area contributed by atoms with E-state index in [2.05, 4.69) is 20.9 Å². The molecule has 2 atom stereocenters. The van der Waals surface area contributed by atoms with Crippen LogP contribution in [0.4, 0.5) is 4.79 Å². The first-order chi connectivity index (χ1) is 11.6. The number of rotatable bonds is 5. The summed E-state index contributed by atoms with van der Waals surface area (Å²) in [5.41, 5.74) is 2.12. The maximum absolute atomic E-state index is 12.3. The lowest BCUT2D eigenvalue weighted by Gasteiger charge is -2.34. The topological polar surface area (TPSA) is 70.4 Å². The Bertz CT molecular complexity index is 682. The van der Waals surface area contributed by atoms with E-state index in [1.165, 1.54) is 0 Å². The van der Waals surface area contributed by atoms with Gasteiger partial charge in [0, 0.05) is 32.1 Å². The SMILES string of the molecule is CC(O)C1CCCN(C(=O)NCCCn2cnc3ccccc32)C1. The lowest BCUT2D eigenvalue weighted by molar-refractivity contribution is 0.0739. The van der Waals surface area contributed by atoms with Gasteiger partial charge in [-0.2, -0.15) is 0 Å². The Hall–Kier alpha value is -2.08. The third-order valence-corrected chi connectivity index (χ3v) is 4.81. The zero-order valence-corrected chi connectivity index (χ0v) is 14.2. The summed E-state index contributed by atoms with van der Waals surface area (Å²) in [6, 6.07) is 8.04. The zero-order chi connectivity index (χ0) is 16.9. The van der Waals surface area contributed by atoms with Crippen LogP contribution in [0.3, 0.4) is 0 Å². The highest BCUT2D eigenvalue weighted by atomic mass is 16.3. The molecular formula is C18H26N4O2. The van der Waals surface area contributed by atoms with Crippen molar-refractivity contribution in [3.63, 3.8) is 0 Å². The number of aryl methyl sites for hydroxylation is 1. The van der Waals surface area contributed by atoms with E-state index >= 15 is 0 Å². The van der Waals surface area contributed by atoms with Gasteiger partial charge >= 0.3 is 6.03 Å². The molecule has 0 aliphatic carbocycles. The van der Waals surface area contributed by atoms with E-state index in [-0.39, 0.29) is 18.1 Å². The lowest BCUT2D eigenvalue weighted by Crippen LogP contribution is -2.47. The number of hydrogen-bond donors (Lipinski definition) is 2. The number of fused-ring (bicyclic) bond motifs is 1. The number of nitrogens with one attached hydrogen (secondary N) is 1. The standard InChI is InChI=1S/C18H26N4O2/c1-14(23)15-6-4-10-21(12-15)18(24)19-9-5-11-22-13-20-16-7-2-3-8-17(16)22/h2-3,7-8,13-15,23H,4-6,9-12H2,1H3,(H,19,24). The Morgan fingerprint density at radius 2 is 2.29 bits per heavy atom. The molecule has 0 bridgehead atoms. The molecule has 2 N–H and O–H groups in total. The van der Waals surface area contributed by atoms with Crippen molar-refractivity contribution in [2.75, 3.05) is 19.6 Å². The van der Waals surface area contributed by atoms with Gasteiger partial charge in [-0.05, 0) is 38.3 Å². The number of benzene rings is 1. The average Bonchev–Trinajstić information content (AvgIpc) is 3.02. The zero-order valence-electron chi connectivity index (χ0n) is 14.2. The normalized spacial score (nSPS) is 19.4. The number of aliphatic hydroxyl groups is 1. The molecule has 1 aromatic carbocycles. The van der Waals surface area contributed by atoms with Crippen LogP contribution in [-0.4, -0.2) is 51.3 Å². The molecule has 130 valence electrons. The fourth-order valence-electron chi connectivity index (χ4n) is 3.33. The predicted octanol–water partition coefficient (Wildman–Crippen LogP) is 2.23. The van der Waals surface area contributed by atoms with Crippen molar-refractivity contribution >= 4 is 17.1 Å². The molecule has 2 unspecified atom stereocenters. The van der Waals surface area contributed by atoms with Crippen molar-refractivity contribution in [3.05, 3.63) is 30.6 Å². The van der Waals surface area contributed by atoms with E-state index < -0.39 is 0 Å². The lowest BCUT2D eigenvalue weighted by atomic mass is 9.94. The van der Waals surface area contributed by atoms with Crippen molar-refractivity contribution < 1.29 is 9.90 Å². The minimum absolute atomic E-state index is 0.0177. The second kappa shape index (κ2) is 7.66. The van der Waals surface area contributed by atoms with E-state index in [9.17, 15) is 9.90 Å². The van der Waals surface area contributed by atoms with Crippen LogP contribution in [0.2, 0.25) is 0 Å². The quantitative estimate of drug-likeness (QED) is 0.826. The number of nitrogens with zero attached hydrogens (tertiary/aromatic N) is 3. The second-order valence-electron chi connectivity index (χ2n) is 6.60. The van der Waals surface area contributed by atoms with Gasteiger partial charge in [0.2, 0.25) is 0 Å². The molecule has 6 nitrogen and oxygen atoms in total. The third kappa shape index (κ3) is 3.87. The number of carbonyl (C=O) groups is 1. The van der Waals surface area contributed by atoms with E-state index in [1.54, 1.807) is 0 Å². The Morgan fingerprint density at radius 1 is 1.46 bits per heavy atom. The molecular weight excluding hydrogens is 304 g/mol. The summed E-state index contributed by atoms with van der Waals surface area (Å²) in [4.78, 5) is 18.5. The number of amides is 2. The fraction of sp³-hybridized carbons (Fsp3) is 0.556. The Labute approximate surface area is 142 Å². The number of aromatic nitrogens is 2. The van der Waals surface area contributed by atoms with Crippen LogP contribution < -0.4 is 5.32 Å². The van der Waals surface area contributed by atoms with Crippen LogP contribution in [0.25, 0.3) is 11.0 Å². The van der Waals surface area contributed by atoms with Gasteiger partial charge in [-0.3, -0.25) is 0 Å². The van der Waals surface area contributed by atoms with Crippen LogP contribution in [0.5, 0.6) is 0 Å². The molecule has 1 aromatic heterocycles. The monoisotopic (exact) mass is 330 g/mol. The van der Waals surface area contributed by atoms with Gasteiger partial charge in [0.1, 0.15) is 0 Å². The maximum atomic E-state index is 12.3. The van der Waals surface area contributed by atoms with Gasteiger partial charge < -0.3 is 19.9 Å². The summed E-state index contributed by atoms with van der Waals surface area (Å²) < 4.78 is 2.12. The molecule has 24 heavy (non-hydrogen) atoms. The van der Waals surface area contributed by atoms with Gasteiger partial charge in [-0.1, -0.05) is 12.1 Å². The first-order valence-corrected chi connectivity index (χ1v) is 8.76. The van der Waals surface area contributed by atoms with Crippen molar-refractivity contribution in [2.24, 2.45) is 5.92 Å². The first kappa shape index (κ1) is 16.8. The third-order valence-electron chi connectivity index (χ3n) is 4.81. The Kier molecular flexibility index (Phi) is 5.35. The van der Waals surface area contributed by atoms with Crippen molar-refractivity contribution in [1.82, 2.24) is 19.8 Å². The van der Waals surface area contributed by atoms with Gasteiger partial charge in [0.25, 0.3) is 0 Å². The Morgan fingerprint density at radius 3 is 3.12 bits per heavy atom. The van der Waals surface area contributed by atoms with Crippen molar-refractivity contribution in [2.45, 2.75) is 38.8 Å². The smallest absolute Gasteiger partial charge is 0.317 e. The minimum atomic E-state index is -0.352. The summed E-state index contributed by atoms with van der Waals surface area (Å²) in [5.74, 6) is 0.196. The predicted molar refractivity (Wildman–Crippen MR) is 93.7 cm³/mol. The van der Waals surface area contributed by atoms with Crippen LogP contribution in [-0.2, 0) is 6.54 Å². The van der Waals surface area contributed by atoms with Gasteiger partial charge in [0.15, 0.2) is 0 Å². The molecule has 6 heteroatoms. The number of carbonyl (C=O) groups excluding carboxylic acids is 1. The summed E-state index contributed by atoms with van der Waals surface area (Å²) in [6.07, 6.45) is 4.32. The molecule has 1 aliphatic heterocycles. The van der Waals surface area contributed by atoms with Crippen molar-refractivity contribution in [3.8, 4) is 0 Å². The second-order valence-corrected chi connectivity index (χ2v) is 6.60. The van der Waals surface area contributed by atoms with Crippen LogP contribution in [0.15, 0.2) is 30.6 Å². The van der Waals surface area contributed by atoms with Crippen LogP contribution >= 0.6 is 0 Å². The van der Waals surface area contributed by atoms with E-state index in [1.807, 2.05) is 36.4 Å². The van der Waals surface area contributed by atoms with E-state index in [0.29, 0.717) is 13.1 Å². The molecule has 0 saturated carbocycles. The summed E-state index contributed by atoms with van der Waals surface area (Å²) in [5, 5.41) is 12.7. The number of hydrogen-bond acceptors (Lipinski definition) is 3. The largest absolute Gasteiger partial charge is 0.393 e. The van der Waals surface area contributed by atoms with Crippen LogP contribution in [0.1, 0.15) is 26.2 Å². The van der Waals surface area contributed by atoms with Crippen molar-refractivity contribution in [1.29, 1.82) is 0 Å². The van der Waals surface area contributed by atoms with Crippen LogP contribution in [0, 0.1) is 5.92 Å². The number of para-hydroxylation sites is 2. The highest BCUT2D eigenvalue weighted by Crippen LogP contribution is 2.19.